The van der Waals surface area contributed by atoms with E-state index >= 15 is 0 Å². The minimum absolute atomic E-state index is 0.108. The van der Waals surface area contributed by atoms with E-state index in [-0.39, 0.29) is 11.4 Å². The van der Waals surface area contributed by atoms with Crippen molar-refractivity contribution in [2.45, 2.75) is 0 Å². The monoisotopic (exact) mass is 204 g/mol. The van der Waals surface area contributed by atoms with Crippen LogP contribution in [-0.4, -0.2) is 14.7 Å². The highest BCUT2D eigenvalue weighted by Gasteiger charge is 2.12. The van der Waals surface area contributed by atoms with Crippen LogP contribution in [0.3, 0.4) is 0 Å². The first kappa shape index (κ1) is 9.20. The number of benzene rings is 1. The zero-order valence-corrected chi connectivity index (χ0v) is 7.70. The lowest BCUT2D eigenvalue weighted by Crippen LogP contribution is -1.99. The topological polar surface area (TPSA) is 87.0 Å². The van der Waals surface area contributed by atoms with Crippen LogP contribution in [0.25, 0.3) is 5.69 Å². The molecule has 0 radical (unpaired) electrons. The lowest BCUT2D eigenvalue weighted by Gasteiger charge is -2.02. The van der Waals surface area contributed by atoms with Gasteiger partial charge in [-0.15, -0.1) is 0 Å². The predicted molar refractivity (Wildman–Crippen MR) is 54.6 cm³/mol. The van der Waals surface area contributed by atoms with Gasteiger partial charge in [-0.25, -0.2) is 4.68 Å². The largest absolute Gasteiger partial charge is 0.393 e. The average Bonchev–Trinajstić information content (AvgIpc) is 2.71. The smallest absolute Gasteiger partial charge is 0.294 e. The summed E-state index contributed by atoms with van der Waals surface area (Å²) in [4.78, 5) is 10.1. The van der Waals surface area contributed by atoms with Crippen molar-refractivity contribution in [3.8, 4) is 5.69 Å². The van der Waals surface area contributed by atoms with Gasteiger partial charge in [-0.1, -0.05) is 0 Å². The first-order chi connectivity index (χ1) is 7.18. The van der Waals surface area contributed by atoms with Gasteiger partial charge in [0.25, 0.3) is 5.69 Å². The predicted octanol–water partition coefficient (Wildman–Crippen LogP) is 1.36. The van der Waals surface area contributed by atoms with Crippen molar-refractivity contribution in [3.05, 3.63) is 46.8 Å². The van der Waals surface area contributed by atoms with Crippen molar-refractivity contribution in [2.24, 2.45) is 0 Å². The van der Waals surface area contributed by atoms with Gasteiger partial charge in [0.05, 0.1) is 10.6 Å². The number of nitro groups is 1. The van der Waals surface area contributed by atoms with Crippen LogP contribution in [-0.2, 0) is 0 Å². The van der Waals surface area contributed by atoms with E-state index in [4.69, 9.17) is 5.73 Å². The first-order valence-corrected chi connectivity index (χ1v) is 4.22. The molecule has 0 aliphatic heterocycles. The molecule has 1 aromatic carbocycles. The molecule has 2 N–H and O–H groups in total. The summed E-state index contributed by atoms with van der Waals surface area (Å²) in [5.74, 6) is 0. The second-order valence-electron chi connectivity index (χ2n) is 2.95. The second kappa shape index (κ2) is 3.41. The molecule has 6 nitrogen and oxygen atoms in total. The minimum atomic E-state index is -0.512. The van der Waals surface area contributed by atoms with Gasteiger partial charge in [0.15, 0.2) is 0 Å². The molecule has 1 heterocycles. The summed E-state index contributed by atoms with van der Waals surface area (Å²) < 4.78 is 1.53. The summed E-state index contributed by atoms with van der Waals surface area (Å²) in [5.41, 5.74) is 6.13. The molecule has 0 spiro atoms. The third-order valence-electron chi connectivity index (χ3n) is 1.98. The molecule has 1 aromatic heterocycles. The quantitative estimate of drug-likeness (QED) is 0.454. The average molecular weight is 204 g/mol. The van der Waals surface area contributed by atoms with Gasteiger partial charge in [-0.3, -0.25) is 10.1 Å². The van der Waals surface area contributed by atoms with Crippen LogP contribution in [0.1, 0.15) is 0 Å². The Balaban J connectivity index is 2.52. The minimum Gasteiger partial charge on any atom is -0.393 e. The van der Waals surface area contributed by atoms with Gasteiger partial charge in [0.2, 0.25) is 0 Å². The molecule has 0 saturated carbocycles. The number of hydrogen-bond donors (Lipinski definition) is 1. The number of aromatic nitrogens is 2. The molecule has 0 unspecified atom stereocenters. The number of anilines is 1. The summed E-state index contributed by atoms with van der Waals surface area (Å²) in [6, 6.07) is 6.30. The van der Waals surface area contributed by atoms with Crippen LogP contribution in [0.5, 0.6) is 0 Å². The molecule has 0 bridgehead atoms. The van der Waals surface area contributed by atoms with Crippen molar-refractivity contribution in [3.63, 3.8) is 0 Å². The number of hydrogen-bond acceptors (Lipinski definition) is 4. The summed E-state index contributed by atoms with van der Waals surface area (Å²) in [7, 11) is 0. The maximum atomic E-state index is 10.6. The van der Waals surface area contributed by atoms with E-state index in [1.54, 1.807) is 24.5 Å². The Hall–Kier alpha value is -2.37. The van der Waals surface area contributed by atoms with Crippen molar-refractivity contribution in [1.82, 2.24) is 9.78 Å². The van der Waals surface area contributed by atoms with E-state index in [2.05, 4.69) is 5.10 Å². The summed E-state index contributed by atoms with van der Waals surface area (Å²) in [6.45, 7) is 0. The molecule has 6 heteroatoms. The normalized spacial score (nSPS) is 10.1. The Kier molecular flexibility index (Phi) is 2.09. The molecule has 2 aromatic rings. The Morgan fingerprint density at radius 2 is 2.27 bits per heavy atom. The van der Waals surface area contributed by atoms with E-state index in [1.807, 2.05) is 0 Å². The highest BCUT2D eigenvalue weighted by atomic mass is 16.6. The van der Waals surface area contributed by atoms with Gasteiger partial charge >= 0.3 is 0 Å². The molecule has 2 rings (SSSR count). The van der Waals surface area contributed by atoms with Crippen LogP contribution < -0.4 is 5.73 Å². The number of nitro benzene ring substituents is 1. The molecule has 0 atom stereocenters. The van der Waals surface area contributed by atoms with Crippen molar-refractivity contribution in [2.75, 3.05) is 5.73 Å². The van der Waals surface area contributed by atoms with Gasteiger partial charge in [0, 0.05) is 18.5 Å². The van der Waals surface area contributed by atoms with E-state index in [0.29, 0.717) is 5.69 Å². The van der Waals surface area contributed by atoms with Crippen LogP contribution in [0.4, 0.5) is 11.4 Å². The van der Waals surface area contributed by atoms with Crippen molar-refractivity contribution >= 4 is 11.4 Å². The van der Waals surface area contributed by atoms with Crippen LogP contribution >= 0.6 is 0 Å². The summed E-state index contributed by atoms with van der Waals surface area (Å²) in [5, 5.41) is 14.6. The first-order valence-electron chi connectivity index (χ1n) is 4.22. The molecule has 0 saturated heterocycles. The van der Waals surface area contributed by atoms with Gasteiger partial charge in [-0.05, 0) is 18.2 Å². The van der Waals surface area contributed by atoms with E-state index < -0.39 is 4.92 Å². The standard InChI is InChI=1S/C9H8N4O2/c10-8-3-2-7(6-9(8)13(14)15)12-5-1-4-11-12/h1-6H,10H2. The Labute approximate surface area is 85.1 Å². The number of nitrogens with zero attached hydrogens (tertiary/aromatic N) is 3. The number of rotatable bonds is 2. The Morgan fingerprint density at radius 1 is 1.47 bits per heavy atom. The van der Waals surface area contributed by atoms with Crippen molar-refractivity contribution in [1.29, 1.82) is 0 Å². The summed E-state index contributed by atoms with van der Waals surface area (Å²) in [6.07, 6.45) is 3.30. The molecule has 76 valence electrons. The molecular formula is C9H8N4O2. The number of nitrogens with two attached hydrogens (primary N) is 1. The maximum Gasteiger partial charge on any atom is 0.294 e. The van der Waals surface area contributed by atoms with Crippen LogP contribution in [0.15, 0.2) is 36.7 Å². The lowest BCUT2D eigenvalue weighted by molar-refractivity contribution is -0.383. The van der Waals surface area contributed by atoms with E-state index in [0.717, 1.165) is 0 Å². The van der Waals surface area contributed by atoms with Gasteiger partial charge < -0.3 is 5.73 Å². The van der Waals surface area contributed by atoms with Gasteiger partial charge in [-0.2, -0.15) is 5.10 Å². The maximum absolute atomic E-state index is 10.6. The highest BCUT2D eigenvalue weighted by molar-refractivity contribution is 5.62. The van der Waals surface area contributed by atoms with E-state index in [9.17, 15) is 10.1 Å². The lowest BCUT2D eigenvalue weighted by atomic mass is 10.2. The Morgan fingerprint density at radius 3 is 2.87 bits per heavy atom. The fourth-order valence-corrected chi connectivity index (χ4v) is 1.25. The number of nitrogen functional groups attached to an aromatic ring is 1. The van der Waals surface area contributed by atoms with Crippen LogP contribution in [0.2, 0.25) is 0 Å². The zero-order chi connectivity index (χ0) is 10.8. The molecule has 0 amide bonds. The molecule has 0 fully saturated rings. The fourth-order valence-electron chi connectivity index (χ4n) is 1.25. The molecule has 15 heavy (non-hydrogen) atoms. The molecule has 0 aliphatic carbocycles. The second-order valence-corrected chi connectivity index (χ2v) is 2.95. The Bertz CT molecular complexity index is 493. The SMILES string of the molecule is Nc1ccc(-n2cccn2)cc1[N+](=O)[O-]. The highest BCUT2D eigenvalue weighted by Crippen LogP contribution is 2.23. The van der Waals surface area contributed by atoms with Crippen LogP contribution in [0, 0.1) is 10.1 Å². The van der Waals surface area contributed by atoms with Crippen molar-refractivity contribution < 1.29 is 4.92 Å². The fraction of sp³-hybridized carbons (Fsp3) is 0. The summed E-state index contributed by atoms with van der Waals surface area (Å²) >= 11 is 0. The third kappa shape index (κ3) is 1.64. The third-order valence-corrected chi connectivity index (χ3v) is 1.98. The zero-order valence-electron chi connectivity index (χ0n) is 7.70. The van der Waals surface area contributed by atoms with Gasteiger partial charge in [0.1, 0.15) is 5.69 Å². The molecule has 0 aliphatic rings. The van der Waals surface area contributed by atoms with E-state index in [1.165, 1.54) is 16.8 Å². The molecular weight excluding hydrogens is 196 g/mol.